The van der Waals surface area contributed by atoms with Gasteiger partial charge in [0, 0.05) is 23.5 Å². The fraction of sp³-hybridized carbons (Fsp3) is 0.214. The van der Waals surface area contributed by atoms with Gasteiger partial charge in [0.25, 0.3) is 0 Å². The first-order valence-corrected chi connectivity index (χ1v) is 10.6. The summed E-state index contributed by atoms with van der Waals surface area (Å²) in [5.74, 6) is 1.06. The standard InChI is InChI=1S/2C14H15N.Ir/c2*1-11(2)12-7-3-4-8-13(12)14-9-5-6-10-15-14;/h2*3-11H,1-2H3;/q;;+3. The molecule has 0 fully saturated rings. The Kier molecular flexibility index (Phi) is 9.78. The van der Waals surface area contributed by atoms with Crippen LogP contribution in [0, 0.1) is 0 Å². The molecular formula is C28H30IrN2+3. The largest absolute Gasteiger partial charge is 3.00 e. The van der Waals surface area contributed by atoms with Gasteiger partial charge in [-0.1, -0.05) is 88.4 Å². The molecule has 0 unspecified atom stereocenters. The number of hydrogen-bond acceptors (Lipinski definition) is 2. The smallest absolute Gasteiger partial charge is 0.256 e. The summed E-state index contributed by atoms with van der Waals surface area (Å²) in [4.78, 5) is 8.78. The number of benzene rings is 2. The minimum absolute atomic E-state index is 0. The van der Waals surface area contributed by atoms with Crippen LogP contribution < -0.4 is 0 Å². The molecule has 0 amide bonds. The second-order valence-electron chi connectivity index (χ2n) is 7.91. The third kappa shape index (κ3) is 6.69. The zero-order chi connectivity index (χ0) is 21.3. The van der Waals surface area contributed by atoms with Gasteiger partial charge in [-0.3, -0.25) is 9.97 Å². The molecule has 2 aromatic heterocycles. The summed E-state index contributed by atoms with van der Waals surface area (Å²) in [5, 5.41) is 0. The van der Waals surface area contributed by atoms with Crippen molar-refractivity contribution in [3.63, 3.8) is 0 Å². The average Bonchev–Trinajstić information content (AvgIpc) is 2.80. The van der Waals surface area contributed by atoms with Crippen molar-refractivity contribution in [3.05, 3.63) is 108 Å². The Hall–Kier alpha value is -2.61. The SMILES string of the molecule is CC(C)c1ccccc1-c1ccccn1.CC(C)c1ccccc1-c1ccccn1.[Ir+3]. The molecule has 31 heavy (non-hydrogen) atoms. The van der Waals surface area contributed by atoms with E-state index in [2.05, 4.69) is 98.3 Å². The summed E-state index contributed by atoms with van der Waals surface area (Å²) >= 11 is 0. The Balaban J connectivity index is 0.000000213. The third-order valence-electron chi connectivity index (χ3n) is 5.05. The van der Waals surface area contributed by atoms with E-state index in [1.54, 1.807) is 0 Å². The van der Waals surface area contributed by atoms with E-state index in [0.29, 0.717) is 11.8 Å². The Morgan fingerprint density at radius 1 is 0.484 bits per heavy atom. The van der Waals surface area contributed by atoms with Crippen LogP contribution in [0.15, 0.2) is 97.3 Å². The van der Waals surface area contributed by atoms with Crippen LogP contribution in [0.1, 0.15) is 50.7 Å². The predicted molar refractivity (Wildman–Crippen MR) is 128 cm³/mol. The molecule has 2 nitrogen and oxygen atoms in total. The molecule has 0 bridgehead atoms. The molecule has 0 N–H and O–H groups in total. The van der Waals surface area contributed by atoms with Gasteiger partial charge in [-0.15, -0.1) is 0 Å². The first kappa shape index (κ1) is 24.7. The molecule has 4 aromatic rings. The van der Waals surface area contributed by atoms with E-state index in [0.717, 1.165) is 11.4 Å². The van der Waals surface area contributed by atoms with E-state index in [-0.39, 0.29) is 20.1 Å². The van der Waals surface area contributed by atoms with Crippen LogP contribution in [-0.2, 0) is 20.1 Å². The quantitative estimate of drug-likeness (QED) is 0.245. The third-order valence-corrected chi connectivity index (χ3v) is 5.05. The van der Waals surface area contributed by atoms with Crippen molar-refractivity contribution < 1.29 is 20.1 Å². The van der Waals surface area contributed by atoms with Gasteiger partial charge in [0.05, 0.1) is 11.4 Å². The van der Waals surface area contributed by atoms with Crippen LogP contribution in [0.5, 0.6) is 0 Å². The van der Waals surface area contributed by atoms with E-state index < -0.39 is 0 Å². The number of rotatable bonds is 4. The van der Waals surface area contributed by atoms with Crippen molar-refractivity contribution >= 4 is 0 Å². The fourth-order valence-corrected chi connectivity index (χ4v) is 3.51. The van der Waals surface area contributed by atoms with E-state index in [9.17, 15) is 0 Å². The summed E-state index contributed by atoms with van der Waals surface area (Å²) in [5.41, 5.74) is 7.32. The zero-order valence-corrected chi connectivity index (χ0v) is 21.0. The Morgan fingerprint density at radius 3 is 1.16 bits per heavy atom. The molecule has 0 spiro atoms. The van der Waals surface area contributed by atoms with Gasteiger partial charge >= 0.3 is 20.1 Å². The molecule has 0 aliphatic carbocycles. The fourth-order valence-electron chi connectivity index (χ4n) is 3.51. The second kappa shape index (κ2) is 12.3. The van der Waals surface area contributed by atoms with E-state index in [4.69, 9.17) is 0 Å². The van der Waals surface area contributed by atoms with Crippen molar-refractivity contribution in [3.8, 4) is 22.5 Å². The number of nitrogens with zero attached hydrogens (tertiary/aromatic N) is 2. The molecule has 2 aromatic carbocycles. The second-order valence-corrected chi connectivity index (χ2v) is 7.91. The van der Waals surface area contributed by atoms with Crippen molar-refractivity contribution in [1.29, 1.82) is 0 Å². The van der Waals surface area contributed by atoms with Gasteiger partial charge in [-0.05, 0) is 47.2 Å². The molecule has 0 aliphatic rings. The zero-order valence-electron chi connectivity index (χ0n) is 18.6. The molecule has 0 saturated carbocycles. The molecule has 0 radical (unpaired) electrons. The van der Waals surface area contributed by atoms with Crippen LogP contribution >= 0.6 is 0 Å². The molecule has 4 rings (SSSR count). The Morgan fingerprint density at radius 2 is 0.839 bits per heavy atom. The minimum Gasteiger partial charge on any atom is -0.256 e. The van der Waals surface area contributed by atoms with Gasteiger partial charge in [0.2, 0.25) is 0 Å². The van der Waals surface area contributed by atoms with Gasteiger partial charge in [-0.2, -0.15) is 0 Å². The topological polar surface area (TPSA) is 25.8 Å². The van der Waals surface area contributed by atoms with E-state index >= 15 is 0 Å². The summed E-state index contributed by atoms with van der Waals surface area (Å²) in [7, 11) is 0. The summed E-state index contributed by atoms with van der Waals surface area (Å²) in [6.07, 6.45) is 3.68. The molecule has 3 heteroatoms. The molecule has 0 aliphatic heterocycles. The number of aromatic nitrogens is 2. The summed E-state index contributed by atoms with van der Waals surface area (Å²) in [6, 6.07) is 29.0. The average molecular weight is 587 g/mol. The van der Waals surface area contributed by atoms with Crippen molar-refractivity contribution in [1.82, 2.24) is 9.97 Å². The maximum Gasteiger partial charge on any atom is 3.00 e. The van der Waals surface area contributed by atoms with E-state index in [1.165, 1.54) is 22.3 Å². The van der Waals surface area contributed by atoms with Crippen molar-refractivity contribution in [2.45, 2.75) is 39.5 Å². The van der Waals surface area contributed by atoms with E-state index in [1.807, 2.05) is 36.7 Å². The minimum atomic E-state index is 0. The molecule has 0 atom stereocenters. The van der Waals surface area contributed by atoms with Crippen molar-refractivity contribution in [2.24, 2.45) is 0 Å². The van der Waals surface area contributed by atoms with Crippen LogP contribution in [0.4, 0.5) is 0 Å². The maximum absolute atomic E-state index is 4.39. The predicted octanol–water partition coefficient (Wildman–Crippen LogP) is 7.74. The van der Waals surface area contributed by atoms with Crippen LogP contribution in [0.25, 0.3) is 22.5 Å². The van der Waals surface area contributed by atoms with Gasteiger partial charge in [-0.25, -0.2) is 0 Å². The van der Waals surface area contributed by atoms with Crippen LogP contribution in [0.2, 0.25) is 0 Å². The monoisotopic (exact) mass is 587 g/mol. The number of hydrogen-bond donors (Lipinski definition) is 0. The van der Waals surface area contributed by atoms with Crippen molar-refractivity contribution in [2.75, 3.05) is 0 Å². The van der Waals surface area contributed by atoms with Crippen LogP contribution in [0.3, 0.4) is 0 Å². The van der Waals surface area contributed by atoms with Gasteiger partial charge < -0.3 is 0 Å². The molecule has 0 saturated heterocycles. The molecular weight excluding hydrogens is 557 g/mol. The molecule has 158 valence electrons. The first-order chi connectivity index (χ1) is 14.6. The van der Waals surface area contributed by atoms with Gasteiger partial charge in [0.1, 0.15) is 0 Å². The maximum atomic E-state index is 4.39. The summed E-state index contributed by atoms with van der Waals surface area (Å²) in [6.45, 7) is 8.84. The first-order valence-electron chi connectivity index (χ1n) is 10.6. The number of pyridine rings is 2. The normalized spacial score (nSPS) is 10.3. The Labute approximate surface area is 200 Å². The van der Waals surface area contributed by atoms with Gasteiger partial charge in [0.15, 0.2) is 0 Å². The molecule has 2 heterocycles. The Bertz CT molecular complexity index is 958. The summed E-state index contributed by atoms with van der Waals surface area (Å²) < 4.78 is 0. The van der Waals surface area contributed by atoms with Crippen LogP contribution in [-0.4, -0.2) is 9.97 Å².